The molecule has 4 heteroatoms. The number of amidine groups is 1. The molecule has 3 nitrogen and oxygen atoms in total. The van der Waals surface area contributed by atoms with E-state index in [4.69, 9.17) is 4.74 Å². The Balaban J connectivity index is 2.02. The van der Waals surface area contributed by atoms with E-state index in [2.05, 4.69) is 10.3 Å². The minimum Gasteiger partial charge on any atom is -0.497 e. The Morgan fingerprint density at radius 2 is 2.14 bits per heavy atom. The molecule has 0 spiro atoms. The highest BCUT2D eigenvalue weighted by Gasteiger charge is 2.06. The summed E-state index contributed by atoms with van der Waals surface area (Å²) < 4.78 is 5.08. The topological polar surface area (TPSA) is 33.6 Å². The van der Waals surface area contributed by atoms with Crippen LogP contribution in [-0.2, 0) is 0 Å². The Labute approximate surface area is 87.6 Å². The Bertz CT molecular complexity index is 334. The zero-order valence-electron chi connectivity index (χ0n) is 7.99. The van der Waals surface area contributed by atoms with Crippen LogP contribution in [-0.4, -0.2) is 24.6 Å². The number of aliphatic imine (C=N–C) groups is 1. The van der Waals surface area contributed by atoms with Crippen LogP contribution in [0.2, 0.25) is 0 Å². The predicted molar refractivity (Wildman–Crippen MR) is 61.4 cm³/mol. The number of benzene rings is 1. The summed E-state index contributed by atoms with van der Waals surface area (Å²) in [6.07, 6.45) is 0. The molecule has 14 heavy (non-hydrogen) atoms. The van der Waals surface area contributed by atoms with E-state index in [0.29, 0.717) is 0 Å². The first-order valence-corrected chi connectivity index (χ1v) is 5.45. The second kappa shape index (κ2) is 4.37. The number of hydrogen-bond acceptors (Lipinski definition) is 4. The molecule has 1 N–H and O–H groups in total. The van der Waals surface area contributed by atoms with Crippen LogP contribution in [0.25, 0.3) is 0 Å². The van der Waals surface area contributed by atoms with E-state index in [1.807, 2.05) is 24.3 Å². The van der Waals surface area contributed by atoms with Crippen molar-refractivity contribution in [2.75, 3.05) is 24.7 Å². The number of nitrogens with one attached hydrogen (secondary N) is 1. The zero-order chi connectivity index (χ0) is 9.80. The van der Waals surface area contributed by atoms with Crippen molar-refractivity contribution in [1.29, 1.82) is 0 Å². The second-order valence-corrected chi connectivity index (χ2v) is 3.97. The van der Waals surface area contributed by atoms with Crippen molar-refractivity contribution in [2.24, 2.45) is 4.99 Å². The van der Waals surface area contributed by atoms with Crippen molar-refractivity contribution in [3.05, 3.63) is 24.3 Å². The Kier molecular flexibility index (Phi) is 2.93. The lowest BCUT2D eigenvalue weighted by atomic mass is 10.3. The average Bonchev–Trinajstić information content (AvgIpc) is 2.72. The number of anilines is 1. The number of thioether (sulfide) groups is 1. The second-order valence-electron chi connectivity index (χ2n) is 2.89. The Hall–Kier alpha value is -1.16. The van der Waals surface area contributed by atoms with Crippen molar-refractivity contribution < 1.29 is 4.74 Å². The molecule has 0 amide bonds. The van der Waals surface area contributed by atoms with Gasteiger partial charge in [-0.3, -0.25) is 4.99 Å². The quantitative estimate of drug-likeness (QED) is 0.809. The molecular weight excluding hydrogens is 196 g/mol. The molecule has 0 saturated heterocycles. The molecule has 0 saturated carbocycles. The lowest BCUT2D eigenvalue weighted by Crippen LogP contribution is -2.04. The van der Waals surface area contributed by atoms with Crippen molar-refractivity contribution in [3.63, 3.8) is 0 Å². The molecule has 1 heterocycles. The van der Waals surface area contributed by atoms with E-state index in [9.17, 15) is 0 Å². The molecule has 0 aromatic heterocycles. The molecule has 0 unspecified atom stereocenters. The van der Waals surface area contributed by atoms with Crippen LogP contribution in [0.3, 0.4) is 0 Å². The van der Waals surface area contributed by atoms with Gasteiger partial charge in [-0.2, -0.15) is 0 Å². The van der Waals surface area contributed by atoms with Gasteiger partial charge < -0.3 is 10.1 Å². The molecule has 1 aliphatic rings. The summed E-state index contributed by atoms with van der Waals surface area (Å²) in [5.41, 5.74) is 1.05. The van der Waals surface area contributed by atoms with Crippen molar-refractivity contribution >= 4 is 22.6 Å². The van der Waals surface area contributed by atoms with Gasteiger partial charge in [0.2, 0.25) is 0 Å². The maximum Gasteiger partial charge on any atom is 0.161 e. The average molecular weight is 208 g/mol. The summed E-state index contributed by atoms with van der Waals surface area (Å²) in [5, 5.41) is 4.26. The van der Waals surface area contributed by atoms with Crippen molar-refractivity contribution in [2.45, 2.75) is 0 Å². The first-order chi connectivity index (χ1) is 6.88. The predicted octanol–water partition coefficient (Wildman–Crippen LogP) is 2.21. The van der Waals surface area contributed by atoms with Crippen molar-refractivity contribution in [3.8, 4) is 5.75 Å². The fourth-order valence-corrected chi connectivity index (χ4v) is 1.96. The molecule has 2 rings (SSSR count). The van der Waals surface area contributed by atoms with Crippen LogP contribution >= 0.6 is 11.8 Å². The fraction of sp³-hybridized carbons (Fsp3) is 0.300. The molecule has 0 radical (unpaired) electrons. The van der Waals surface area contributed by atoms with Crippen LogP contribution < -0.4 is 10.1 Å². The molecule has 0 fully saturated rings. The molecule has 0 aliphatic carbocycles. The SMILES string of the molecule is COc1ccc(NC2=NCCS2)cc1. The number of ether oxygens (including phenoxy) is 1. The van der Waals surface area contributed by atoms with Gasteiger partial charge in [0, 0.05) is 11.4 Å². The summed E-state index contributed by atoms with van der Waals surface area (Å²) >= 11 is 1.75. The number of nitrogens with zero attached hydrogens (tertiary/aromatic N) is 1. The Morgan fingerprint density at radius 3 is 2.71 bits per heavy atom. The highest BCUT2D eigenvalue weighted by Crippen LogP contribution is 2.18. The van der Waals surface area contributed by atoms with Gasteiger partial charge in [0.05, 0.1) is 13.7 Å². The number of methoxy groups -OCH3 is 1. The highest BCUT2D eigenvalue weighted by molar-refractivity contribution is 8.14. The first kappa shape index (κ1) is 9.40. The lowest BCUT2D eigenvalue weighted by molar-refractivity contribution is 0.415. The smallest absolute Gasteiger partial charge is 0.161 e. The maximum absolute atomic E-state index is 5.08. The summed E-state index contributed by atoms with van der Waals surface area (Å²) in [4.78, 5) is 4.31. The van der Waals surface area contributed by atoms with Gasteiger partial charge in [-0.1, -0.05) is 11.8 Å². The van der Waals surface area contributed by atoms with Crippen molar-refractivity contribution in [1.82, 2.24) is 0 Å². The van der Waals surface area contributed by atoms with Gasteiger partial charge in [-0.25, -0.2) is 0 Å². The van der Waals surface area contributed by atoms with Gasteiger partial charge in [-0.15, -0.1) is 0 Å². The van der Waals surface area contributed by atoms with Crippen LogP contribution in [0, 0.1) is 0 Å². The summed E-state index contributed by atoms with van der Waals surface area (Å²) in [6.45, 7) is 0.920. The lowest BCUT2D eigenvalue weighted by Gasteiger charge is -2.05. The highest BCUT2D eigenvalue weighted by atomic mass is 32.2. The molecule has 1 aromatic carbocycles. The minimum absolute atomic E-state index is 0.872. The molecular formula is C10H12N2OS. The first-order valence-electron chi connectivity index (χ1n) is 4.47. The summed E-state index contributed by atoms with van der Waals surface area (Å²) in [6, 6.07) is 7.84. The largest absolute Gasteiger partial charge is 0.497 e. The van der Waals surface area contributed by atoms with E-state index in [0.717, 1.165) is 28.9 Å². The standard InChI is InChI=1S/C10H12N2OS/c1-13-9-4-2-8(3-5-9)12-10-11-6-7-14-10/h2-5H,6-7H2,1H3,(H,11,12). The van der Waals surface area contributed by atoms with E-state index in [1.165, 1.54) is 0 Å². The zero-order valence-corrected chi connectivity index (χ0v) is 8.80. The summed E-state index contributed by atoms with van der Waals surface area (Å²) in [5.74, 6) is 1.95. The van der Waals surface area contributed by atoms with E-state index < -0.39 is 0 Å². The fourth-order valence-electron chi connectivity index (χ4n) is 1.21. The molecule has 1 aliphatic heterocycles. The van der Waals surface area contributed by atoms with E-state index in [1.54, 1.807) is 18.9 Å². The molecule has 74 valence electrons. The summed E-state index contributed by atoms with van der Waals surface area (Å²) in [7, 11) is 1.67. The van der Waals surface area contributed by atoms with Crippen LogP contribution in [0.4, 0.5) is 5.69 Å². The van der Waals surface area contributed by atoms with Gasteiger partial charge >= 0.3 is 0 Å². The van der Waals surface area contributed by atoms with E-state index >= 15 is 0 Å². The maximum atomic E-state index is 5.08. The van der Waals surface area contributed by atoms with Gasteiger partial charge in [0.1, 0.15) is 5.75 Å². The third kappa shape index (κ3) is 2.20. The Morgan fingerprint density at radius 1 is 1.36 bits per heavy atom. The molecule has 1 aromatic rings. The number of rotatable bonds is 2. The normalized spacial score (nSPS) is 15.1. The third-order valence-electron chi connectivity index (χ3n) is 1.93. The third-order valence-corrected chi connectivity index (χ3v) is 2.82. The number of hydrogen-bond donors (Lipinski definition) is 1. The van der Waals surface area contributed by atoms with Crippen LogP contribution in [0.5, 0.6) is 5.75 Å². The van der Waals surface area contributed by atoms with Gasteiger partial charge in [0.25, 0.3) is 0 Å². The molecule has 0 atom stereocenters. The van der Waals surface area contributed by atoms with Crippen LogP contribution in [0.15, 0.2) is 29.3 Å². The van der Waals surface area contributed by atoms with Gasteiger partial charge in [-0.05, 0) is 24.3 Å². The minimum atomic E-state index is 0.872. The van der Waals surface area contributed by atoms with E-state index in [-0.39, 0.29) is 0 Å². The monoisotopic (exact) mass is 208 g/mol. The van der Waals surface area contributed by atoms with Gasteiger partial charge in [0.15, 0.2) is 5.17 Å². The van der Waals surface area contributed by atoms with Crippen LogP contribution in [0.1, 0.15) is 0 Å². The molecule has 0 bridgehead atoms.